The number of nitrogen functional groups attached to an aromatic ring is 1. The Morgan fingerprint density at radius 1 is 1.13 bits per heavy atom. The number of aromatic nitrogens is 4. The lowest BCUT2D eigenvalue weighted by molar-refractivity contribution is -0.136. The summed E-state index contributed by atoms with van der Waals surface area (Å²) in [5, 5.41) is 10.6. The lowest BCUT2D eigenvalue weighted by atomic mass is 10.0. The summed E-state index contributed by atoms with van der Waals surface area (Å²) < 4.78 is 1.58. The first kappa shape index (κ1) is 18.0. The number of hydrogen-bond donors (Lipinski definition) is 2. The Kier molecular flexibility index (Phi) is 4.05. The van der Waals surface area contributed by atoms with Gasteiger partial charge in [0.05, 0.1) is 11.9 Å². The van der Waals surface area contributed by atoms with Crippen LogP contribution < -0.4 is 11.1 Å². The van der Waals surface area contributed by atoms with Crippen LogP contribution in [0.1, 0.15) is 28.8 Å². The molecule has 10 heteroatoms. The van der Waals surface area contributed by atoms with Crippen LogP contribution in [-0.2, 0) is 16.1 Å². The number of imide groups is 1. The number of rotatable bonds is 3. The first-order valence-corrected chi connectivity index (χ1v) is 9.42. The number of carbonyl (C=O) groups excluding carboxylic acids is 3. The van der Waals surface area contributed by atoms with Gasteiger partial charge in [-0.15, -0.1) is 5.10 Å². The van der Waals surface area contributed by atoms with Crippen LogP contribution in [0.2, 0.25) is 0 Å². The molecule has 0 aliphatic carbocycles. The molecule has 3 N–H and O–H groups in total. The summed E-state index contributed by atoms with van der Waals surface area (Å²) in [6.45, 7) is 0.333. The minimum absolute atomic E-state index is 0.225. The smallest absolute Gasteiger partial charge is 0.255 e. The zero-order chi connectivity index (χ0) is 20.8. The van der Waals surface area contributed by atoms with E-state index in [4.69, 9.17) is 5.73 Å². The van der Waals surface area contributed by atoms with E-state index in [1.807, 2.05) is 12.1 Å². The van der Waals surface area contributed by atoms with Crippen LogP contribution in [0, 0.1) is 0 Å². The van der Waals surface area contributed by atoms with Crippen LogP contribution in [0.5, 0.6) is 0 Å². The summed E-state index contributed by atoms with van der Waals surface area (Å²) in [7, 11) is 0. The highest BCUT2D eigenvalue weighted by Gasteiger charge is 2.39. The molecule has 3 amide bonds. The topological polar surface area (TPSA) is 136 Å². The molecule has 1 fully saturated rings. The average Bonchev–Trinajstić information content (AvgIpc) is 3.34. The van der Waals surface area contributed by atoms with Crippen molar-refractivity contribution in [1.82, 2.24) is 30.2 Å². The Labute approximate surface area is 170 Å². The van der Waals surface area contributed by atoms with Crippen molar-refractivity contribution in [2.24, 2.45) is 0 Å². The number of benzene rings is 1. The van der Waals surface area contributed by atoms with Crippen LogP contribution in [0.3, 0.4) is 0 Å². The van der Waals surface area contributed by atoms with Gasteiger partial charge in [-0.3, -0.25) is 19.7 Å². The van der Waals surface area contributed by atoms with Crippen molar-refractivity contribution in [1.29, 1.82) is 0 Å². The number of amides is 3. The molecule has 4 heterocycles. The summed E-state index contributed by atoms with van der Waals surface area (Å²) in [4.78, 5) is 42.0. The average molecular weight is 403 g/mol. The van der Waals surface area contributed by atoms with Crippen LogP contribution >= 0.6 is 0 Å². The maximum atomic E-state index is 13.0. The third-order valence-corrected chi connectivity index (χ3v) is 5.35. The molecule has 0 bridgehead atoms. The predicted octanol–water partition coefficient (Wildman–Crippen LogP) is 0.672. The second kappa shape index (κ2) is 6.76. The summed E-state index contributed by atoms with van der Waals surface area (Å²) in [6, 6.07) is 8.29. The van der Waals surface area contributed by atoms with Crippen LogP contribution in [0.25, 0.3) is 16.9 Å². The Balaban J connectivity index is 1.42. The van der Waals surface area contributed by atoms with E-state index in [2.05, 4.69) is 20.6 Å². The molecule has 0 radical (unpaired) electrons. The zero-order valence-electron chi connectivity index (χ0n) is 15.8. The van der Waals surface area contributed by atoms with Crippen molar-refractivity contribution in [2.75, 3.05) is 5.73 Å². The highest BCUT2D eigenvalue weighted by molar-refractivity contribution is 6.05. The molecule has 30 heavy (non-hydrogen) atoms. The summed E-state index contributed by atoms with van der Waals surface area (Å²) in [6.07, 6.45) is 3.90. The molecule has 2 aliphatic heterocycles. The van der Waals surface area contributed by atoms with Gasteiger partial charge in [-0.05, 0) is 36.2 Å². The van der Waals surface area contributed by atoms with Gasteiger partial charge in [0, 0.05) is 30.3 Å². The number of pyridine rings is 1. The van der Waals surface area contributed by atoms with Crippen molar-refractivity contribution in [3.8, 4) is 16.9 Å². The van der Waals surface area contributed by atoms with Crippen molar-refractivity contribution in [2.45, 2.75) is 25.4 Å². The van der Waals surface area contributed by atoms with E-state index in [1.54, 1.807) is 35.3 Å². The van der Waals surface area contributed by atoms with Crippen molar-refractivity contribution < 1.29 is 14.4 Å². The van der Waals surface area contributed by atoms with Gasteiger partial charge < -0.3 is 10.6 Å². The molecule has 2 aromatic heterocycles. The Morgan fingerprint density at radius 2 is 2.00 bits per heavy atom. The lowest BCUT2D eigenvalue weighted by Gasteiger charge is -2.29. The molecule has 1 saturated heterocycles. The van der Waals surface area contributed by atoms with E-state index in [0.717, 1.165) is 11.1 Å². The van der Waals surface area contributed by atoms with Crippen LogP contribution in [0.15, 0.2) is 42.7 Å². The number of hydrogen-bond acceptors (Lipinski definition) is 7. The molecule has 3 aromatic rings. The number of nitrogens with zero attached hydrogens (tertiary/aromatic N) is 5. The fourth-order valence-corrected chi connectivity index (χ4v) is 3.82. The molecule has 1 atom stereocenters. The quantitative estimate of drug-likeness (QED) is 0.614. The van der Waals surface area contributed by atoms with E-state index in [9.17, 15) is 14.4 Å². The van der Waals surface area contributed by atoms with Gasteiger partial charge in [-0.25, -0.2) is 9.67 Å². The standard InChI is InChI=1S/C20H17N7O3/c21-17-7-11(5-6-22-17)15-10-27(25-24-15)13-2-1-12-9-26(20(30)14(12)8-13)16-3-4-18(28)23-19(16)29/h1-2,5-8,10,16H,3-4,9H2,(H2,21,22)(H,23,28,29). The van der Waals surface area contributed by atoms with Gasteiger partial charge in [0.1, 0.15) is 17.6 Å². The number of carbonyl (C=O) groups is 3. The normalized spacial score (nSPS) is 18.5. The molecule has 0 spiro atoms. The van der Waals surface area contributed by atoms with Gasteiger partial charge in [0.25, 0.3) is 5.91 Å². The molecule has 150 valence electrons. The molecule has 5 rings (SSSR count). The minimum atomic E-state index is -0.638. The largest absolute Gasteiger partial charge is 0.384 e. The predicted molar refractivity (Wildman–Crippen MR) is 105 cm³/mol. The van der Waals surface area contributed by atoms with Crippen molar-refractivity contribution in [3.63, 3.8) is 0 Å². The molecule has 10 nitrogen and oxygen atoms in total. The van der Waals surface area contributed by atoms with E-state index >= 15 is 0 Å². The number of nitrogens with two attached hydrogens (primary N) is 1. The monoisotopic (exact) mass is 403 g/mol. The first-order chi connectivity index (χ1) is 14.5. The highest BCUT2D eigenvalue weighted by Crippen LogP contribution is 2.29. The van der Waals surface area contributed by atoms with Gasteiger partial charge in [-0.1, -0.05) is 11.3 Å². The van der Waals surface area contributed by atoms with Crippen molar-refractivity contribution >= 4 is 23.5 Å². The third kappa shape index (κ3) is 2.98. The Morgan fingerprint density at radius 3 is 2.80 bits per heavy atom. The number of nitrogens with one attached hydrogen (secondary N) is 1. The van der Waals surface area contributed by atoms with Crippen molar-refractivity contribution in [3.05, 3.63) is 53.9 Å². The summed E-state index contributed by atoms with van der Waals surface area (Å²) >= 11 is 0. The Hall–Kier alpha value is -4.08. The fraction of sp³-hybridized carbons (Fsp3) is 0.200. The molecule has 0 saturated carbocycles. The second-order valence-corrected chi connectivity index (χ2v) is 7.26. The summed E-state index contributed by atoms with van der Waals surface area (Å²) in [5.41, 5.74) is 9.16. The van der Waals surface area contributed by atoms with Gasteiger partial charge in [0.15, 0.2) is 0 Å². The fourth-order valence-electron chi connectivity index (χ4n) is 3.82. The van der Waals surface area contributed by atoms with Crippen LogP contribution in [0.4, 0.5) is 5.82 Å². The van der Waals surface area contributed by atoms with E-state index < -0.39 is 11.9 Å². The maximum Gasteiger partial charge on any atom is 0.255 e. The van der Waals surface area contributed by atoms with Gasteiger partial charge in [-0.2, -0.15) is 0 Å². The Bertz CT molecular complexity index is 1200. The first-order valence-electron chi connectivity index (χ1n) is 9.42. The van der Waals surface area contributed by atoms with Gasteiger partial charge >= 0.3 is 0 Å². The van der Waals surface area contributed by atoms with E-state index in [1.165, 1.54) is 4.90 Å². The SMILES string of the molecule is Nc1cc(-c2cn(-c3ccc4c(c3)C(=O)N(C3CCC(=O)NC3=O)C4)nn2)ccn1. The third-order valence-electron chi connectivity index (χ3n) is 5.35. The lowest BCUT2D eigenvalue weighted by Crippen LogP contribution is -2.52. The van der Waals surface area contributed by atoms with Crippen LogP contribution in [-0.4, -0.2) is 48.6 Å². The molecular weight excluding hydrogens is 386 g/mol. The molecule has 2 aliphatic rings. The molecular formula is C20H17N7O3. The highest BCUT2D eigenvalue weighted by atomic mass is 16.2. The van der Waals surface area contributed by atoms with E-state index in [-0.39, 0.29) is 18.2 Å². The molecule has 1 aromatic carbocycles. The zero-order valence-corrected chi connectivity index (χ0v) is 15.8. The number of fused-ring (bicyclic) bond motifs is 1. The summed E-state index contributed by atoms with van der Waals surface area (Å²) in [5.74, 6) is -0.576. The number of anilines is 1. The number of piperidine rings is 1. The van der Waals surface area contributed by atoms with E-state index in [0.29, 0.717) is 35.7 Å². The maximum absolute atomic E-state index is 13.0. The van der Waals surface area contributed by atoms with Gasteiger partial charge in [0.2, 0.25) is 11.8 Å². The molecule has 1 unspecified atom stereocenters. The minimum Gasteiger partial charge on any atom is -0.384 e. The second-order valence-electron chi connectivity index (χ2n) is 7.26.